The van der Waals surface area contributed by atoms with Gasteiger partial charge in [0.25, 0.3) is 5.69 Å². The molecule has 3 N–H and O–H groups in total. The van der Waals surface area contributed by atoms with Crippen LogP contribution in [0.25, 0.3) is 0 Å². The highest BCUT2D eigenvalue weighted by molar-refractivity contribution is 7.89. The van der Waals surface area contributed by atoms with E-state index in [2.05, 4.69) is 4.72 Å². The van der Waals surface area contributed by atoms with Crippen molar-refractivity contribution in [2.24, 2.45) is 5.73 Å². The summed E-state index contributed by atoms with van der Waals surface area (Å²) in [5, 5.41) is 11.0. The van der Waals surface area contributed by atoms with Crippen LogP contribution in [0.5, 0.6) is 0 Å². The van der Waals surface area contributed by atoms with Crippen molar-refractivity contribution in [1.29, 1.82) is 0 Å². The lowest BCUT2D eigenvalue weighted by molar-refractivity contribution is -0.385. The summed E-state index contributed by atoms with van der Waals surface area (Å²) in [6.45, 7) is 1.57. The predicted molar refractivity (Wildman–Crippen MR) is 96.0 cm³/mol. The topological polar surface area (TPSA) is 115 Å². The van der Waals surface area contributed by atoms with Gasteiger partial charge >= 0.3 is 6.18 Å². The van der Waals surface area contributed by atoms with Crippen molar-refractivity contribution < 1.29 is 30.9 Å². The zero-order valence-electron chi connectivity index (χ0n) is 15.0. The first-order chi connectivity index (χ1) is 13.3. The number of alkyl halides is 3. The van der Waals surface area contributed by atoms with Crippen molar-refractivity contribution in [1.82, 2.24) is 4.72 Å². The molecular formula is C17H17F4N3O4S. The van der Waals surface area contributed by atoms with Gasteiger partial charge < -0.3 is 5.73 Å². The largest absolute Gasteiger partial charge is 0.416 e. The SMILES string of the molecule is CCNS(=O)(=O)c1ccc([N+](=O)[O-])cc1C[C@H](N)c1cc(F)cc(C(F)(F)F)c1. The molecule has 0 aliphatic carbocycles. The lowest BCUT2D eigenvalue weighted by atomic mass is 9.97. The molecule has 0 saturated heterocycles. The van der Waals surface area contributed by atoms with Crippen molar-refractivity contribution in [2.45, 2.75) is 30.5 Å². The van der Waals surface area contributed by atoms with Gasteiger partial charge in [-0.25, -0.2) is 17.5 Å². The fraction of sp³-hybridized carbons (Fsp3) is 0.294. The van der Waals surface area contributed by atoms with Gasteiger partial charge in [-0.05, 0) is 41.8 Å². The number of nitrogens with one attached hydrogen (secondary N) is 1. The summed E-state index contributed by atoms with van der Waals surface area (Å²) in [4.78, 5) is 9.98. The Labute approximate surface area is 163 Å². The Morgan fingerprint density at radius 3 is 2.41 bits per heavy atom. The van der Waals surface area contributed by atoms with E-state index in [4.69, 9.17) is 5.73 Å². The number of sulfonamides is 1. The highest BCUT2D eigenvalue weighted by atomic mass is 32.2. The minimum absolute atomic E-state index is 0.0453. The van der Waals surface area contributed by atoms with Gasteiger partial charge in [-0.3, -0.25) is 10.1 Å². The zero-order valence-corrected chi connectivity index (χ0v) is 15.8. The summed E-state index contributed by atoms with van der Waals surface area (Å²) >= 11 is 0. The minimum atomic E-state index is -4.80. The summed E-state index contributed by atoms with van der Waals surface area (Å²) in [6.07, 6.45) is -5.18. The van der Waals surface area contributed by atoms with Crippen molar-refractivity contribution in [3.05, 3.63) is 69.0 Å². The Balaban J connectivity index is 2.51. The predicted octanol–water partition coefficient (Wildman–Crippen LogP) is 3.29. The summed E-state index contributed by atoms with van der Waals surface area (Å²) in [5.74, 6) is -1.16. The molecule has 0 spiro atoms. The fourth-order valence-electron chi connectivity index (χ4n) is 2.71. The Bertz CT molecular complexity index is 1030. The molecule has 1 atom stereocenters. The molecule has 0 aromatic heterocycles. The number of nitro groups is 1. The molecule has 0 saturated carbocycles. The molecule has 158 valence electrons. The van der Waals surface area contributed by atoms with Gasteiger partial charge in [0.15, 0.2) is 0 Å². The second-order valence-corrected chi connectivity index (χ2v) is 7.87. The summed E-state index contributed by atoms with van der Waals surface area (Å²) in [7, 11) is -4.03. The first-order valence-electron chi connectivity index (χ1n) is 8.25. The molecule has 2 aromatic rings. The molecule has 29 heavy (non-hydrogen) atoms. The minimum Gasteiger partial charge on any atom is -0.324 e. The van der Waals surface area contributed by atoms with E-state index < -0.39 is 44.2 Å². The van der Waals surface area contributed by atoms with E-state index in [0.717, 1.165) is 24.3 Å². The van der Waals surface area contributed by atoms with Crippen molar-refractivity contribution in [3.63, 3.8) is 0 Å². The summed E-state index contributed by atoms with van der Waals surface area (Å²) in [6, 6.07) is 3.51. The summed E-state index contributed by atoms with van der Waals surface area (Å²) < 4.78 is 79.3. The highest BCUT2D eigenvalue weighted by Crippen LogP contribution is 2.33. The van der Waals surface area contributed by atoms with Gasteiger partial charge in [-0.15, -0.1) is 0 Å². The van der Waals surface area contributed by atoms with Gasteiger partial charge in [0.2, 0.25) is 10.0 Å². The number of benzene rings is 2. The lowest BCUT2D eigenvalue weighted by Gasteiger charge is -2.17. The highest BCUT2D eigenvalue weighted by Gasteiger charge is 2.32. The zero-order chi connectivity index (χ0) is 22.0. The van der Waals surface area contributed by atoms with Crippen LogP contribution in [0.1, 0.15) is 29.7 Å². The number of hydrogen-bond donors (Lipinski definition) is 2. The number of nitrogens with two attached hydrogens (primary N) is 1. The van der Waals surface area contributed by atoms with Crippen LogP contribution in [0.15, 0.2) is 41.3 Å². The number of halogens is 4. The molecule has 0 heterocycles. The van der Waals surface area contributed by atoms with Crippen LogP contribution in [0.2, 0.25) is 0 Å². The average molecular weight is 435 g/mol. The molecule has 0 fully saturated rings. The number of rotatable bonds is 7. The third-order valence-electron chi connectivity index (χ3n) is 3.99. The molecule has 0 radical (unpaired) electrons. The fourth-order valence-corrected chi connectivity index (χ4v) is 3.98. The molecule has 7 nitrogen and oxygen atoms in total. The van der Waals surface area contributed by atoms with Crippen molar-refractivity contribution in [2.75, 3.05) is 6.54 Å². The van der Waals surface area contributed by atoms with E-state index in [1.54, 1.807) is 0 Å². The van der Waals surface area contributed by atoms with Gasteiger partial charge in [0.1, 0.15) is 5.82 Å². The smallest absolute Gasteiger partial charge is 0.324 e. The van der Waals surface area contributed by atoms with E-state index >= 15 is 0 Å². The molecule has 0 aliphatic heterocycles. The molecular weight excluding hydrogens is 418 g/mol. The van der Waals surface area contributed by atoms with E-state index in [0.29, 0.717) is 12.1 Å². The standard InChI is InChI=1S/C17H17F4N3O4S/c1-2-23-29(27,28)16-4-3-14(24(25)26)7-11(16)8-15(22)10-5-12(17(19,20)21)9-13(18)6-10/h3-7,9,15,23H,2,8,22H2,1H3/t15-/m0/s1. The van der Waals surface area contributed by atoms with Gasteiger partial charge in [0.05, 0.1) is 15.4 Å². The molecule has 0 amide bonds. The molecule has 0 unspecified atom stereocenters. The first-order valence-corrected chi connectivity index (χ1v) is 9.73. The number of nitro benzene ring substituents is 1. The number of hydrogen-bond acceptors (Lipinski definition) is 5. The van der Waals surface area contributed by atoms with E-state index in [1.165, 1.54) is 6.92 Å². The second kappa shape index (κ2) is 8.43. The Morgan fingerprint density at radius 1 is 1.21 bits per heavy atom. The number of nitrogens with zero attached hydrogens (tertiary/aromatic N) is 1. The van der Waals surface area contributed by atoms with Crippen LogP contribution in [0, 0.1) is 15.9 Å². The molecule has 0 bridgehead atoms. The number of non-ortho nitro benzene ring substituents is 1. The van der Waals surface area contributed by atoms with Gasteiger partial charge in [-0.1, -0.05) is 6.92 Å². The van der Waals surface area contributed by atoms with Crippen LogP contribution in [-0.4, -0.2) is 19.9 Å². The quantitative estimate of drug-likeness (QED) is 0.393. The van der Waals surface area contributed by atoms with Crippen LogP contribution < -0.4 is 10.5 Å². The maximum atomic E-state index is 13.6. The van der Waals surface area contributed by atoms with Crippen molar-refractivity contribution >= 4 is 15.7 Å². The van der Waals surface area contributed by atoms with Gasteiger partial charge in [-0.2, -0.15) is 13.2 Å². The molecule has 12 heteroatoms. The van der Waals surface area contributed by atoms with Crippen LogP contribution >= 0.6 is 0 Å². The van der Waals surface area contributed by atoms with Crippen LogP contribution in [0.4, 0.5) is 23.2 Å². The average Bonchev–Trinajstić information content (AvgIpc) is 2.60. The maximum Gasteiger partial charge on any atom is 0.416 e. The van der Waals surface area contributed by atoms with Gasteiger partial charge in [0, 0.05) is 24.7 Å². The van der Waals surface area contributed by atoms with Crippen LogP contribution in [0.3, 0.4) is 0 Å². The monoisotopic (exact) mass is 435 g/mol. The van der Waals surface area contributed by atoms with E-state index in [1.807, 2.05) is 0 Å². The first kappa shape index (κ1) is 22.7. The third-order valence-corrected chi connectivity index (χ3v) is 5.64. The lowest BCUT2D eigenvalue weighted by Crippen LogP contribution is -2.25. The van der Waals surface area contributed by atoms with E-state index in [-0.39, 0.29) is 29.0 Å². The van der Waals surface area contributed by atoms with Crippen molar-refractivity contribution in [3.8, 4) is 0 Å². The normalized spacial score (nSPS) is 13.3. The van der Waals surface area contributed by atoms with E-state index in [9.17, 15) is 36.1 Å². The third kappa shape index (κ3) is 5.49. The maximum absolute atomic E-state index is 13.6. The summed E-state index contributed by atoms with van der Waals surface area (Å²) in [5.41, 5.74) is 3.93. The second-order valence-electron chi connectivity index (χ2n) is 6.13. The Kier molecular flexibility index (Phi) is 6.60. The molecule has 2 rings (SSSR count). The van der Waals surface area contributed by atoms with Crippen LogP contribution in [-0.2, 0) is 22.6 Å². The Morgan fingerprint density at radius 2 is 1.86 bits per heavy atom. The molecule has 2 aromatic carbocycles. The Hall–Kier alpha value is -2.57. The molecule has 0 aliphatic rings.